The summed E-state index contributed by atoms with van der Waals surface area (Å²) >= 11 is 0. The Labute approximate surface area is 110 Å². The molecule has 1 N–H and O–H groups in total. The molecule has 1 heteroatoms. The summed E-state index contributed by atoms with van der Waals surface area (Å²) in [6.07, 6.45) is 0. The predicted octanol–water partition coefficient (Wildman–Crippen LogP) is 4.53. The van der Waals surface area contributed by atoms with Crippen LogP contribution in [0.2, 0.25) is 0 Å². The smallest absolute Gasteiger partial charge is 0.0401 e. The highest BCUT2D eigenvalue weighted by atomic mass is 14.9. The minimum Gasteiger partial charge on any atom is -0.381 e. The number of hydrogen-bond acceptors (Lipinski definition) is 1. The van der Waals surface area contributed by atoms with Crippen LogP contribution in [0, 0.1) is 27.7 Å². The molecular weight excluding hydrogens is 218 g/mol. The Balaban J connectivity index is 2.14. The van der Waals surface area contributed by atoms with Gasteiger partial charge in [0.05, 0.1) is 0 Å². The van der Waals surface area contributed by atoms with Gasteiger partial charge in [-0.25, -0.2) is 0 Å². The van der Waals surface area contributed by atoms with Gasteiger partial charge in [0.15, 0.2) is 0 Å². The van der Waals surface area contributed by atoms with Crippen molar-refractivity contribution < 1.29 is 0 Å². The summed E-state index contributed by atoms with van der Waals surface area (Å²) in [6, 6.07) is 13.1. The highest BCUT2D eigenvalue weighted by Gasteiger charge is 2.01. The van der Waals surface area contributed by atoms with Crippen LogP contribution in [-0.4, -0.2) is 0 Å². The van der Waals surface area contributed by atoms with Crippen molar-refractivity contribution in [1.82, 2.24) is 0 Å². The summed E-state index contributed by atoms with van der Waals surface area (Å²) in [4.78, 5) is 0. The molecule has 0 aliphatic heterocycles. The molecule has 0 unspecified atom stereocenters. The van der Waals surface area contributed by atoms with E-state index in [0.717, 1.165) is 6.54 Å². The average molecular weight is 239 g/mol. The first-order chi connectivity index (χ1) is 8.56. The summed E-state index contributed by atoms with van der Waals surface area (Å²) in [5.41, 5.74) is 7.89. The first-order valence-electron chi connectivity index (χ1n) is 6.43. The van der Waals surface area contributed by atoms with Gasteiger partial charge in [0.25, 0.3) is 0 Å². The monoisotopic (exact) mass is 239 g/mol. The highest BCUT2D eigenvalue weighted by Crippen LogP contribution is 2.19. The van der Waals surface area contributed by atoms with Crippen molar-refractivity contribution in [3.05, 3.63) is 64.2 Å². The Morgan fingerprint density at radius 2 is 1.56 bits per heavy atom. The molecule has 0 bridgehead atoms. The Hall–Kier alpha value is -1.76. The molecule has 0 radical (unpaired) electrons. The van der Waals surface area contributed by atoms with Crippen LogP contribution >= 0.6 is 0 Å². The Kier molecular flexibility index (Phi) is 3.71. The highest BCUT2D eigenvalue weighted by molar-refractivity contribution is 5.54. The van der Waals surface area contributed by atoms with Crippen LogP contribution < -0.4 is 5.32 Å². The molecular formula is C17H21N. The van der Waals surface area contributed by atoms with Gasteiger partial charge in [-0.3, -0.25) is 0 Å². The molecule has 0 spiro atoms. The van der Waals surface area contributed by atoms with E-state index < -0.39 is 0 Å². The van der Waals surface area contributed by atoms with Crippen LogP contribution in [0.3, 0.4) is 0 Å². The second-order valence-electron chi connectivity index (χ2n) is 5.10. The maximum Gasteiger partial charge on any atom is 0.0401 e. The number of nitrogens with one attached hydrogen (secondary N) is 1. The van der Waals surface area contributed by atoms with E-state index in [1.165, 1.54) is 33.5 Å². The minimum atomic E-state index is 0.882. The number of aryl methyl sites for hydroxylation is 3. The van der Waals surface area contributed by atoms with Crippen LogP contribution in [0.1, 0.15) is 27.8 Å². The van der Waals surface area contributed by atoms with Crippen LogP contribution in [0.25, 0.3) is 0 Å². The SMILES string of the molecule is Cc1cc(C)cc(CNc2cccc(C)c2C)c1. The lowest BCUT2D eigenvalue weighted by Crippen LogP contribution is -2.02. The maximum atomic E-state index is 3.52. The standard InChI is InChI=1S/C17H21N/c1-12-8-13(2)10-16(9-12)11-18-17-7-5-6-14(3)15(17)4/h5-10,18H,11H2,1-4H3. The number of anilines is 1. The molecule has 0 atom stereocenters. The molecule has 0 saturated carbocycles. The Morgan fingerprint density at radius 3 is 2.22 bits per heavy atom. The van der Waals surface area contributed by atoms with E-state index in [-0.39, 0.29) is 0 Å². The van der Waals surface area contributed by atoms with Gasteiger partial charge in [-0.2, -0.15) is 0 Å². The summed E-state index contributed by atoms with van der Waals surface area (Å²) < 4.78 is 0. The Morgan fingerprint density at radius 1 is 0.889 bits per heavy atom. The summed E-state index contributed by atoms with van der Waals surface area (Å²) in [5, 5.41) is 3.52. The lowest BCUT2D eigenvalue weighted by Gasteiger charge is -2.12. The van der Waals surface area contributed by atoms with Crippen molar-refractivity contribution in [2.75, 3.05) is 5.32 Å². The molecule has 0 fully saturated rings. The average Bonchev–Trinajstić information content (AvgIpc) is 2.30. The molecule has 0 amide bonds. The van der Waals surface area contributed by atoms with Crippen LogP contribution in [0.4, 0.5) is 5.69 Å². The van der Waals surface area contributed by atoms with E-state index in [0.29, 0.717) is 0 Å². The lowest BCUT2D eigenvalue weighted by molar-refractivity contribution is 1.12. The third-order valence-electron chi connectivity index (χ3n) is 3.37. The van der Waals surface area contributed by atoms with Gasteiger partial charge in [-0.05, 0) is 50.5 Å². The van der Waals surface area contributed by atoms with Gasteiger partial charge in [-0.1, -0.05) is 41.5 Å². The van der Waals surface area contributed by atoms with Gasteiger partial charge in [0.2, 0.25) is 0 Å². The van der Waals surface area contributed by atoms with Crippen LogP contribution in [0.15, 0.2) is 36.4 Å². The van der Waals surface area contributed by atoms with Gasteiger partial charge in [0.1, 0.15) is 0 Å². The van der Waals surface area contributed by atoms with E-state index in [1.54, 1.807) is 0 Å². The fourth-order valence-electron chi connectivity index (χ4n) is 2.31. The van der Waals surface area contributed by atoms with Crippen molar-refractivity contribution in [2.24, 2.45) is 0 Å². The topological polar surface area (TPSA) is 12.0 Å². The van der Waals surface area contributed by atoms with Gasteiger partial charge >= 0.3 is 0 Å². The number of hydrogen-bond donors (Lipinski definition) is 1. The molecule has 0 aromatic heterocycles. The molecule has 2 rings (SSSR count). The fourth-order valence-corrected chi connectivity index (χ4v) is 2.31. The zero-order valence-corrected chi connectivity index (χ0v) is 11.7. The summed E-state index contributed by atoms with van der Waals surface area (Å²) in [5.74, 6) is 0. The zero-order chi connectivity index (χ0) is 13.1. The van der Waals surface area contributed by atoms with E-state index >= 15 is 0 Å². The van der Waals surface area contributed by atoms with Crippen LogP contribution in [0.5, 0.6) is 0 Å². The molecule has 0 aliphatic carbocycles. The quantitative estimate of drug-likeness (QED) is 0.829. The van der Waals surface area contributed by atoms with Crippen molar-refractivity contribution >= 4 is 5.69 Å². The van der Waals surface area contributed by atoms with Crippen molar-refractivity contribution in [3.63, 3.8) is 0 Å². The van der Waals surface area contributed by atoms with Gasteiger partial charge in [0, 0.05) is 12.2 Å². The molecule has 94 valence electrons. The van der Waals surface area contributed by atoms with Crippen molar-refractivity contribution in [3.8, 4) is 0 Å². The molecule has 0 saturated heterocycles. The third kappa shape index (κ3) is 2.92. The predicted molar refractivity (Wildman–Crippen MR) is 79.2 cm³/mol. The fraction of sp³-hybridized carbons (Fsp3) is 0.294. The van der Waals surface area contributed by atoms with E-state index in [2.05, 4.69) is 69.4 Å². The van der Waals surface area contributed by atoms with Gasteiger partial charge in [-0.15, -0.1) is 0 Å². The van der Waals surface area contributed by atoms with E-state index in [4.69, 9.17) is 0 Å². The van der Waals surface area contributed by atoms with E-state index in [9.17, 15) is 0 Å². The molecule has 2 aromatic rings. The molecule has 18 heavy (non-hydrogen) atoms. The van der Waals surface area contributed by atoms with Gasteiger partial charge < -0.3 is 5.32 Å². The zero-order valence-electron chi connectivity index (χ0n) is 11.7. The minimum absolute atomic E-state index is 0.882. The molecule has 1 nitrogen and oxygen atoms in total. The third-order valence-corrected chi connectivity index (χ3v) is 3.37. The second kappa shape index (κ2) is 5.26. The normalized spacial score (nSPS) is 10.4. The largest absolute Gasteiger partial charge is 0.381 e. The lowest BCUT2D eigenvalue weighted by atomic mass is 10.1. The first-order valence-corrected chi connectivity index (χ1v) is 6.43. The Bertz CT molecular complexity index is 535. The molecule has 0 heterocycles. The van der Waals surface area contributed by atoms with E-state index in [1.807, 2.05) is 0 Å². The summed E-state index contributed by atoms with van der Waals surface area (Å²) in [7, 11) is 0. The molecule has 2 aromatic carbocycles. The van der Waals surface area contributed by atoms with Crippen molar-refractivity contribution in [2.45, 2.75) is 34.2 Å². The summed E-state index contributed by atoms with van der Waals surface area (Å²) in [6.45, 7) is 9.49. The first kappa shape index (κ1) is 12.7. The molecule has 0 aliphatic rings. The number of rotatable bonds is 3. The van der Waals surface area contributed by atoms with Crippen LogP contribution in [-0.2, 0) is 6.54 Å². The number of benzene rings is 2. The maximum absolute atomic E-state index is 3.52. The van der Waals surface area contributed by atoms with Crippen molar-refractivity contribution in [1.29, 1.82) is 0 Å². The second-order valence-corrected chi connectivity index (χ2v) is 5.10.